The van der Waals surface area contributed by atoms with Crippen LogP contribution in [0.3, 0.4) is 0 Å². The average Bonchev–Trinajstić information content (AvgIpc) is 2.38. The topological polar surface area (TPSA) is 12.0 Å². The largest absolute Gasteiger partial charge is 0.313 e. The molecule has 1 nitrogen and oxygen atoms in total. The van der Waals surface area contributed by atoms with Crippen LogP contribution in [0.15, 0.2) is 18.2 Å². The Bertz CT molecular complexity index is 354. The molecule has 0 heterocycles. The number of halogens is 2. The van der Waals surface area contributed by atoms with Gasteiger partial charge in [0, 0.05) is 11.6 Å². The third-order valence-corrected chi connectivity index (χ3v) is 3.59. The predicted octanol–water partition coefficient (Wildman–Crippen LogP) is 5.10. The van der Waals surface area contributed by atoms with Crippen molar-refractivity contribution in [3.63, 3.8) is 0 Å². The van der Waals surface area contributed by atoms with E-state index in [1.807, 2.05) is 19.2 Å². The number of unbranched alkanes of at least 4 members (excludes halogenated alkanes) is 4. The molecular formula is C15H23ClFN. The molecule has 1 atom stereocenters. The maximum absolute atomic E-state index is 13.9. The Kier molecular flexibility index (Phi) is 7.29. The monoisotopic (exact) mass is 271 g/mol. The van der Waals surface area contributed by atoms with Gasteiger partial charge in [-0.2, -0.15) is 0 Å². The average molecular weight is 272 g/mol. The molecule has 0 spiro atoms. The molecule has 1 N–H and O–H groups in total. The molecule has 1 unspecified atom stereocenters. The van der Waals surface area contributed by atoms with Crippen LogP contribution in [0.2, 0.25) is 5.02 Å². The van der Waals surface area contributed by atoms with Gasteiger partial charge in [-0.25, -0.2) is 4.39 Å². The molecule has 1 rings (SSSR count). The van der Waals surface area contributed by atoms with Crippen molar-refractivity contribution in [1.29, 1.82) is 0 Å². The Hall–Kier alpha value is -0.600. The van der Waals surface area contributed by atoms with E-state index in [0.29, 0.717) is 5.56 Å². The SMILES string of the molecule is CCCCCCCC(NC)c1cccc(Cl)c1F. The number of hydrogen-bond acceptors (Lipinski definition) is 1. The summed E-state index contributed by atoms with van der Waals surface area (Å²) in [5, 5.41) is 3.39. The van der Waals surface area contributed by atoms with Gasteiger partial charge in [0.25, 0.3) is 0 Å². The lowest BCUT2D eigenvalue weighted by molar-refractivity contribution is 0.478. The highest BCUT2D eigenvalue weighted by molar-refractivity contribution is 6.30. The van der Waals surface area contributed by atoms with Crippen molar-refractivity contribution in [2.75, 3.05) is 7.05 Å². The third-order valence-electron chi connectivity index (χ3n) is 3.30. The molecule has 0 aromatic heterocycles. The van der Waals surface area contributed by atoms with Crippen molar-refractivity contribution in [2.45, 2.75) is 51.5 Å². The number of rotatable bonds is 8. The van der Waals surface area contributed by atoms with Gasteiger partial charge in [0.1, 0.15) is 5.82 Å². The molecule has 1 aromatic carbocycles. The van der Waals surface area contributed by atoms with Crippen molar-refractivity contribution in [1.82, 2.24) is 5.32 Å². The van der Waals surface area contributed by atoms with E-state index < -0.39 is 0 Å². The van der Waals surface area contributed by atoms with Crippen LogP contribution in [0, 0.1) is 5.82 Å². The van der Waals surface area contributed by atoms with E-state index in [9.17, 15) is 4.39 Å². The molecule has 3 heteroatoms. The standard InChI is InChI=1S/C15H23ClFN/c1-3-4-5-6-7-11-14(18-2)12-9-8-10-13(16)15(12)17/h8-10,14,18H,3-7,11H2,1-2H3. The van der Waals surface area contributed by atoms with Crippen LogP contribution in [0.1, 0.15) is 57.1 Å². The van der Waals surface area contributed by atoms with Crippen molar-refractivity contribution in [3.05, 3.63) is 34.6 Å². The van der Waals surface area contributed by atoms with E-state index >= 15 is 0 Å². The van der Waals surface area contributed by atoms with Crippen molar-refractivity contribution in [3.8, 4) is 0 Å². The fourth-order valence-electron chi connectivity index (χ4n) is 2.20. The van der Waals surface area contributed by atoms with E-state index in [4.69, 9.17) is 11.6 Å². The van der Waals surface area contributed by atoms with Gasteiger partial charge in [-0.15, -0.1) is 0 Å². The number of hydrogen-bond donors (Lipinski definition) is 1. The molecule has 0 aliphatic carbocycles. The van der Waals surface area contributed by atoms with Crippen LogP contribution >= 0.6 is 11.6 Å². The fraction of sp³-hybridized carbons (Fsp3) is 0.600. The lowest BCUT2D eigenvalue weighted by Gasteiger charge is -2.17. The van der Waals surface area contributed by atoms with Crippen LogP contribution in [-0.2, 0) is 0 Å². The summed E-state index contributed by atoms with van der Waals surface area (Å²) in [5.41, 5.74) is 0.681. The van der Waals surface area contributed by atoms with Gasteiger partial charge in [0.05, 0.1) is 5.02 Å². The molecule has 1 aromatic rings. The maximum Gasteiger partial charge on any atom is 0.146 e. The maximum atomic E-state index is 13.9. The highest BCUT2D eigenvalue weighted by Crippen LogP contribution is 2.26. The molecule has 0 aliphatic rings. The van der Waals surface area contributed by atoms with E-state index in [-0.39, 0.29) is 16.9 Å². The van der Waals surface area contributed by atoms with Crippen LogP contribution in [0.5, 0.6) is 0 Å². The van der Waals surface area contributed by atoms with Crippen molar-refractivity contribution in [2.24, 2.45) is 0 Å². The highest BCUT2D eigenvalue weighted by Gasteiger charge is 2.15. The van der Waals surface area contributed by atoms with E-state index in [1.165, 1.54) is 25.7 Å². The van der Waals surface area contributed by atoms with E-state index in [1.54, 1.807) is 6.07 Å². The lowest BCUT2D eigenvalue weighted by Crippen LogP contribution is -2.17. The van der Waals surface area contributed by atoms with Gasteiger partial charge in [-0.1, -0.05) is 62.8 Å². The first-order valence-corrected chi connectivity index (χ1v) is 7.19. The van der Waals surface area contributed by atoms with Crippen LogP contribution < -0.4 is 5.32 Å². The Morgan fingerprint density at radius 3 is 2.61 bits per heavy atom. The molecule has 0 saturated carbocycles. The minimum Gasteiger partial charge on any atom is -0.313 e. The molecule has 18 heavy (non-hydrogen) atoms. The molecule has 0 bridgehead atoms. The third kappa shape index (κ3) is 4.58. The molecule has 102 valence electrons. The quantitative estimate of drug-likeness (QED) is 0.649. The second kappa shape index (κ2) is 8.49. The van der Waals surface area contributed by atoms with Gasteiger partial charge < -0.3 is 5.32 Å². The normalized spacial score (nSPS) is 12.7. The summed E-state index contributed by atoms with van der Waals surface area (Å²) in [6, 6.07) is 5.27. The summed E-state index contributed by atoms with van der Waals surface area (Å²) in [6.45, 7) is 2.21. The summed E-state index contributed by atoms with van der Waals surface area (Å²) in [6.07, 6.45) is 7.10. The van der Waals surface area contributed by atoms with E-state index in [2.05, 4.69) is 12.2 Å². The van der Waals surface area contributed by atoms with Crippen LogP contribution in [0.25, 0.3) is 0 Å². The van der Waals surface area contributed by atoms with Gasteiger partial charge in [0.2, 0.25) is 0 Å². The van der Waals surface area contributed by atoms with Gasteiger partial charge >= 0.3 is 0 Å². The highest BCUT2D eigenvalue weighted by atomic mass is 35.5. The van der Waals surface area contributed by atoms with Gasteiger partial charge in [-0.05, 0) is 19.5 Å². The first-order chi connectivity index (χ1) is 8.70. The zero-order valence-corrected chi connectivity index (χ0v) is 12.1. The smallest absolute Gasteiger partial charge is 0.146 e. The van der Waals surface area contributed by atoms with Gasteiger partial charge in [-0.3, -0.25) is 0 Å². The Labute approximate surface area is 115 Å². The molecule has 0 fully saturated rings. The molecule has 0 amide bonds. The molecular weight excluding hydrogens is 249 g/mol. The number of nitrogens with one attached hydrogen (secondary N) is 1. The zero-order chi connectivity index (χ0) is 13.4. The first-order valence-electron chi connectivity index (χ1n) is 6.81. The summed E-state index contributed by atoms with van der Waals surface area (Å²) < 4.78 is 13.9. The summed E-state index contributed by atoms with van der Waals surface area (Å²) in [4.78, 5) is 0. The first kappa shape index (κ1) is 15.5. The van der Waals surface area contributed by atoms with Crippen LogP contribution in [0.4, 0.5) is 4.39 Å². The summed E-state index contributed by atoms with van der Waals surface area (Å²) in [5.74, 6) is -0.285. The lowest BCUT2D eigenvalue weighted by atomic mass is 9.99. The van der Waals surface area contributed by atoms with Crippen molar-refractivity contribution < 1.29 is 4.39 Å². The van der Waals surface area contributed by atoms with Crippen LogP contribution in [-0.4, -0.2) is 7.05 Å². The predicted molar refractivity (Wildman–Crippen MR) is 76.6 cm³/mol. The summed E-state index contributed by atoms with van der Waals surface area (Å²) in [7, 11) is 1.87. The van der Waals surface area contributed by atoms with Crippen molar-refractivity contribution >= 4 is 11.6 Å². The molecule has 0 aliphatic heterocycles. The fourth-order valence-corrected chi connectivity index (χ4v) is 2.38. The Morgan fingerprint density at radius 2 is 1.94 bits per heavy atom. The van der Waals surface area contributed by atoms with Gasteiger partial charge in [0.15, 0.2) is 0 Å². The second-order valence-electron chi connectivity index (χ2n) is 4.69. The molecule has 0 radical (unpaired) electrons. The summed E-state index contributed by atoms with van der Waals surface area (Å²) >= 11 is 5.81. The zero-order valence-electron chi connectivity index (χ0n) is 11.3. The minimum atomic E-state index is -0.285. The Balaban J connectivity index is 2.52. The number of benzene rings is 1. The second-order valence-corrected chi connectivity index (χ2v) is 5.09. The minimum absolute atomic E-state index is 0.0605. The molecule has 0 saturated heterocycles. The van der Waals surface area contributed by atoms with E-state index in [0.717, 1.165) is 12.8 Å². The Morgan fingerprint density at radius 1 is 1.22 bits per heavy atom.